The monoisotopic (exact) mass is 338 g/mol. The molecule has 130 valence electrons. The van der Waals surface area contributed by atoms with E-state index in [2.05, 4.69) is 6.07 Å². The highest BCUT2D eigenvalue weighted by atomic mass is 16.5. The topological polar surface area (TPSA) is 70.4 Å². The van der Waals surface area contributed by atoms with Crippen LogP contribution in [0.4, 0.5) is 0 Å². The lowest BCUT2D eigenvalue weighted by Crippen LogP contribution is -2.45. The molecule has 1 atom stereocenters. The van der Waals surface area contributed by atoms with Crippen molar-refractivity contribution in [1.82, 2.24) is 4.90 Å². The third-order valence-corrected chi connectivity index (χ3v) is 4.28. The van der Waals surface area contributed by atoms with E-state index in [0.29, 0.717) is 12.0 Å². The minimum atomic E-state index is -0.802. The number of allylic oxidation sites excluding steroid dienone is 2. The van der Waals surface area contributed by atoms with Crippen LogP contribution in [0.2, 0.25) is 0 Å². The van der Waals surface area contributed by atoms with Crippen LogP contribution in [0.5, 0.6) is 0 Å². The largest absolute Gasteiger partial charge is 0.352 e. The van der Waals surface area contributed by atoms with E-state index >= 15 is 0 Å². The summed E-state index contributed by atoms with van der Waals surface area (Å²) in [6.45, 7) is 0.265. The van der Waals surface area contributed by atoms with Gasteiger partial charge in [0.1, 0.15) is 6.29 Å². The second kappa shape index (κ2) is 8.52. The highest BCUT2D eigenvalue weighted by Gasteiger charge is 2.31. The van der Waals surface area contributed by atoms with Crippen LogP contribution in [-0.2, 0) is 20.7 Å². The normalized spacial score (nSPS) is 16.6. The Morgan fingerprint density at radius 1 is 1.24 bits per heavy atom. The summed E-state index contributed by atoms with van der Waals surface area (Å²) in [4.78, 5) is 24.6. The number of ketones is 1. The molecule has 2 rings (SSSR count). The highest BCUT2D eigenvalue weighted by Crippen LogP contribution is 2.23. The van der Waals surface area contributed by atoms with Gasteiger partial charge in [0.15, 0.2) is 11.5 Å². The number of benzene rings is 1. The van der Waals surface area contributed by atoms with Crippen LogP contribution in [0.15, 0.2) is 48.6 Å². The molecule has 1 aromatic carbocycles. The van der Waals surface area contributed by atoms with Crippen molar-refractivity contribution in [1.29, 1.82) is 5.26 Å². The highest BCUT2D eigenvalue weighted by molar-refractivity contribution is 6.00. The quantitative estimate of drug-likeness (QED) is 0.537. The van der Waals surface area contributed by atoms with Gasteiger partial charge in [0, 0.05) is 5.92 Å². The first kappa shape index (κ1) is 18.8. The minimum Gasteiger partial charge on any atom is -0.352 e. The molecule has 0 aliphatic heterocycles. The number of carbonyl (C=O) groups excluding carboxylic acids is 2. The molecule has 0 radical (unpaired) electrons. The number of rotatable bonds is 8. The summed E-state index contributed by atoms with van der Waals surface area (Å²) >= 11 is 0. The lowest BCUT2D eigenvalue weighted by molar-refractivity contribution is -0.120. The number of nitrogens with zero attached hydrogens (tertiary/aromatic N) is 2. The first-order valence-corrected chi connectivity index (χ1v) is 8.17. The lowest BCUT2D eigenvalue weighted by atomic mass is 10.00. The average molecular weight is 338 g/mol. The zero-order valence-electron chi connectivity index (χ0n) is 14.5. The summed E-state index contributed by atoms with van der Waals surface area (Å²) < 4.78 is 5.98. The molecule has 0 fully saturated rings. The number of ether oxygens (including phenoxy) is 1. The van der Waals surface area contributed by atoms with Gasteiger partial charge in [-0.15, -0.1) is 0 Å². The molecule has 1 aliphatic carbocycles. The summed E-state index contributed by atoms with van der Waals surface area (Å²) in [5.74, 6) is -0.319. The third kappa shape index (κ3) is 4.96. The van der Waals surface area contributed by atoms with Gasteiger partial charge in [-0.25, -0.2) is 0 Å². The Bertz CT molecular complexity index is 695. The molecule has 0 aromatic heterocycles. The van der Waals surface area contributed by atoms with E-state index in [1.54, 1.807) is 24.3 Å². The molecule has 1 aromatic rings. The van der Waals surface area contributed by atoms with E-state index in [-0.39, 0.29) is 18.3 Å². The smallest absolute Gasteiger partial charge is 0.178 e. The summed E-state index contributed by atoms with van der Waals surface area (Å²) in [5.41, 5.74) is 0.900. The van der Waals surface area contributed by atoms with Crippen LogP contribution in [0.25, 0.3) is 0 Å². The second-order valence-corrected chi connectivity index (χ2v) is 6.27. The molecular formula is C20H22N2O3. The summed E-state index contributed by atoms with van der Waals surface area (Å²) in [6, 6.07) is 9.44. The van der Waals surface area contributed by atoms with Gasteiger partial charge in [-0.1, -0.05) is 12.1 Å². The number of nitriles is 1. The Balaban J connectivity index is 1.93. The first-order chi connectivity index (χ1) is 12.0. The predicted octanol–water partition coefficient (Wildman–Crippen LogP) is 2.28. The van der Waals surface area contributed by atoms with E-state index in [1.807, 2.05) is 31.1 Å². The Labute approximate surface area is 148 Å². The van der Waals surface area contributed by atoms with Crippen molar-refractivity contribution in [2.24, 2.45) is 5.92 Å². The molecule has 0 saturated carbocycles. The molecule has 5 nitrogen and oxygen atoms in total. The van der Waals surface area contributed by atoms with E-state index in [4.69, 9.17) is 10.00 Å². The van der Waals surface area contributed by atoms with Gasteiger partial charge in [0.25, 0.3) is 0 Å². The molecule has 0 N–H and O–H groups in total. The summed E-state index contributed by atoms with van der Waals surface area (Å²) in [6.07, 6.45) is 8.67. The lowest BCUT2D eigenvalue weighted by Gasteiger charge is -2.36. The standard InChI is InChI=1S/C20H22N2O3/c1-22(2)20(11-9-19(24)10-12-20)25-15-18(14-23)8-5-16-3-6-17(13-21)7-4-16/h3-4,6-7,9-12,14,18H,5,8,15H2,1-2H3. The zero-order chi connectivity index (χ0) is 18.3. The van der Waals surface area contributed by atoms with Gasteiger partial charge in [0.05, 0.1) is 18.2 Å². The van der Waals surface area contributed by atoms with E-state index < -0.39 is 5.72 Å². The molecule has 0 bridgehead atoms. The van der Waals surface area contributed by atoms with Gasteiger partial charge in [0.2, 0.25) is 0 Å². The summed E-state index contributed by atoms with van der Waals surface area (Å²) in [5, 5.41) is 8.81. The molecule has 5 heteroatoms. The molecule has 1 unspecified atom stereocenters. The van der Waals surface area contributed by atoms with Gasteiger partial charge in [-0.2, -0.15) is 5.26 Å². The van der Waals surface area contributed by atoms with E-state index in [0.717, 1.165) is 18.3 Å². The van der Waals surface area contributed by atoms with Gasteiger partial charge < -0.3 is 9.53 Å². The molecule has 0 spiro atoms. The van der Waals surface area contributed by atoms with Gasteiger partial charge in [-0.05, 0) is 68.9 Å². The maximum absolute atomic E-state index is 11.4. The van der Waals surface area contributed by atoms with Crippen LogP contribution < -0.4 is 0 Å². The van der Waals surface area contributed by atoms with Gasteiger partial charge >= 0.3 is 0 Å². The second-order valence-electron chi connectivity index (χ2n) is 6.27. The van der Waals surface area contributed by atoms with Crippen molar-refractivity contribution >= 4 is 12.1 Å². The Morgan fingerprint density at radius 2 is 1.88 bits per heavy atom. The fourth-order valence-corrected chi connectivity index (χ4v) is 2.57. The first-order valence-electron chi connectivity index (χ1n) is 8.17. The summed E-state index contributed by atoms with van der Waals surface area (Å²) in [7, 11) is 3.72. The van der Waals surface area contributed by atoms with Crippen molar-refractivity contribution in [3.05, 3.63) is 59.7 Å². The molecule has 1 aliphatic rings. The van der Waals surface area contributed by atoms with Crippen molar-refractivity contribution in [2.75, 3.05) is 20.7 Å². The third-order valence-electron chi connectivity index (χ3n) is 4.28. The molecular weight excluding hydrogens is 316 g/mol. The Hall–Kier alpha value is -2.55. The van der Waals surface area contributed by atoms with E-state index in [9.17, 15) is 9.59 Å². The SMILES string of the molecule is CN(C)C1(OCC(C=O)CCc2ccc(C#N)cc2)C=CC(=O)C=C1. The van der Waals surface area contributed by atoms with Crippen LogP contribution in [0.3, 0.4) is 0 Å². The van der Waals surface area contributed by atoms with Crippen LogP contribution in [-0.4, -0.2) is 43.4 Å². The molecule has 25 heavy (non-hydrogen) atoms. The maximum atomic E-state index is 11.4. The number of likely N-dealkylation sites (N-methyl/N-ethyl adjacent to an activating group) is 1. The molecule has 0 amide bonds. The number of aryl methyl sites for hydroxylation is 1. The van der Waals surface area contributed by atoms with Gasteiger partial charge in [-0.3, -0.25) is 9.69 Å². The van der Waals surface area contributed by atoms with Crippen molar-refractivity contribution in [3.8, 4) is 6.07 Å². The van der Waals surface area contributed by atoms with E-state index in [1.165, 1.54) is 12.2 Å². The van der Waals surface area contributed by atoms with Crippen molar-refractivity contribution in [3.63, 3.8) is 0 Å². The fourth-order valence-electron chi connectivity index (χ4n) is 2.57. The number of hydrogen-bond donors (Lipinski definition) is 0. The number of carbonyl (C=O) groups is 2. The molecule has 0 saturated heterocycles. The zero-order valence-corrected chi connectivity index (χ0v) is 14.5. The predicted molar refractivity (Wildman–Crippen MR) is 94.7 cm³/mol. The average Bonchev–Trinajstić information content (AvgIpc) is 2.63. The number of aldehydes is 1. The van der Waals surface area contributed by atoms with Crippen LogP contribution >= 0.6 is 0 Å². The minimum absolute atomic E-state index is 0.0752. The van der Waals surface area contributed by atoms with Crippen molar-refractivity contribution in [2.45, 2.75) is 18.6 Å². The number of hydrogen-bond acceptors (Lipinski definition) is 5. The van der Waals surface area contributed by atoms with Crippen LogP contribution in [0, 0.1) is 17.2 Å². The Kier molecular flexibility index (Phi) is 6.40. The van der Waals surface area contributed by atoms with Crippen molar-refractivity contribution < 1.29 is 14.3 Å². The molecule has 0 heterocycles. The fraction of sp³-hybridized carbons (Fsp3) is 0.350. The Morgan fingerprint density at radius 3 is 2.40 bits per heavy atom. The maximum Gasteiger partial charge on any atom is 0.178 e. The van der Waals surface area contributed by atoms with Crippen LogP contribution in [0.1, 0.15) is 17.5 Å².